The molecule has 1 saturated heterocycles. The molecule has 1 aliphatic heterocycles. The first-order valence-electron chi connectivity index (χ1n) is 9.36. The lowest BCUT2D eigenvalue weighted by Gasteiger charge is -2.26. The maximum absolute atomic E-state index is 12.6. The highest BCUT2D eigenvalue weighted by molar-refractivity contribution is 7.89. The van der Waals surface area contributed by atoms with Crippen LogP contribution >= 0.6 is 11.6 Å². The van der Waals surface area contributed by atoms with Gasteiger partial charge >= 0.3 is 5.97 Å². The molecule has 0 amide bonds. The predicted octanol–water partition coefficient (Wildman–Crippen LogP) is 3.00. The molecule has 0 radical (unpaired) electrons. The molecular formula is C21H22ClNO6S. The van der Waals surface area contributed by atoms with Crippen LogP contribution in [0, 0.1) is 0 Å². The summed E-state index contributed by atoms with van der Waals surface area (Å²) in [4.78, 5) is 11.9. The van der Waals surface area contributed by atoms with Crippen molar-refractivity contribution < 1.29 is 27.4 Å². The number of rotatable bonds is 8. The van der Waals surface area contributed by atoms with Crippen LogP contribution in [-0.4, -0.2) is 58.2 Å². The Kier molecular flexibility index (Phi) is 7.87. The Morgan fingerprint density at radius 3 is 2.53 bits per heavy atom. The number of benzene rings is 2. The van der Waals surface area contributed by atoms with Gasteiger partial charge in [0.1, 0.15) is 19.0 Å². The summed E-state index contributed by atoms with van der Waals surface area (Å²) in [6.45, 7) is 1.69. The third-order valence-corrected chi connectivity index (χ3v) is 6.44. The Bertz CT molecular complexity index is 985. The van der Waals surface area contributed by atoms with E-state index in [4.69, 9.17) is 25.8 Å². The average molecular weight is 452 g/mol. The Morgan fingerprint density at radius 2 is 1.83 bits per heavy atom. The maximum Gasteiger partial charge on any atom is 0.330 e. The van der Waals surface area contributed by atoms with Gasteiger partial charge in [0.15, 0.2) is 0 Å². The molecule has 2 aromatic rings. The maximum atomic E-state index is 12.6. The molecule has 1 aliphatic rings. The number of morpholine rings is 1. The average Bonchev–Trinajstić information content (AvgIpc) is 2.76. The second-order valence-electron chi connectivity index (χ2n) is 6.39. The van der Waals surface area contributed by atoms with Crippen molar-refractivity contribution in [3.8, 4) is 5.75 Å². The van der Waals surface area contributed by atoms with Crippen molar-refractivity contribution in [3.63, 3.8) is 0 Å². The summed E-state index contributed by atoms with van der Waals surface area (Å²) in [5, 5.41) is 0.586. The first kappa shape index (κ1) is 22.3. The lowest BCUT2D eigenvalue weighted by Crippen LogP contribution is -2.40. The highest BCUT2D eigenvalue weighted by atomic mass is 35.5. The minimum absolute atomic E-state index is 0.0621. The third kappa shape index (κ3) is 6.30. The number of halogens is 1. The number of nitrogens with zero attached hydrogens (tertiary/aromatic N) is 1. The molecule has 2 aromatic carbocycles. The summed E-state index contributed by atoms with van der Waals surface area (Å²) in [7, 11) is -3.53. The van der Waals surface area contributed by atoms with Gasteiger partial charge in [-0.25, -0.2) is 13.2 Å². The number of sulfonamides is 1. The molecule has 30 heavy (non-hydrogen) atoms. The van der Waals surface area contributed by atoms with Gasteiger partial charge in [0.25, 0.3) is 0 Å². The third-order valence-electron chi connectivity index (χ3n) is 4.29. The number of carbonyl (C=O) groups is 1. The van der Waals surface area contributed by atoms with Gasteiger partial charge in [-0.3, -0.25) is 0 Å². The standard InChI is InChI=1S/C21H22ClNO6S/c22-18-3-1-2-17(16-18)4-9-21(24)29-15-14-28-19-5-7-20(8-6-19)30(25,26)23-10-12-27-13-11-23/h1-9,16H,10-15H2/b9-4+. The van der Waals surface area contributed by atoms with Gasteiger partial charge in [0.2, 0.25) is 10.0 Å². The summed E-state index contributed by atoms with van der Waals surface area (Å²) in [5.74, 6) is -0.00743. The quantitative estimate of drug-likeness (QED) is 0.348. The normalized spacial score (nSPS) is 15.2. The summed E-state index contributed by atoms with van der Waals surface area (Å²) in [6, 6.07) is 13.2. The number of hydrogen-bond donors (Lipinski definition) is 0. The summed E-state index contributed by atoms with van der Waals surface area (Å²) >= 11 is 5.89. The second-order valence-corrected chi connectivity index (χ2v) is 8.77. The van der Waals surface area contributed by atoms with Gasteiger partial charge in [-0.05, 0) is 48.0 Å². The zero-order valence-electron chi connectivity index (χ0n) is 16.2. The van der Waals surface area contributed by atoms with Crippen molar-refractivity contribution in [1.82, 2.24) is 4.31 Å². The fourth-order valence-electron chi connectivity index (χ4n) is 2.77. The molecule has 7 nitrogen and oxygen atoms in total. The van der Waals surface area contributed by atoms with Crippen molar-refractivity contribution >= 4 is 33.7 Å². The van der Waals surface area contributed by atoms with Crippen molar-refractivity contribution in [3.05, 3.63) is 65.2 Å². The topological polar surface area (TPSA) is 82.1 Å². The van der Waals surface area contributed by atoms with Gasteiger partial charge in [0, 0.05) is 24.2 Å². The van der Waals surface area contributed by atoms with Gasteiger partial charge in [0.05, 0.1) is 18.1 Å². The molecule has 0 atom stereocenters. The van der Waals surface area contributed by atoms with Crippen LogP contribution in [0.2, 0.25) is 5.02 Å². The Balaban J connectivity index is 1.43. The summed E-state index contributed by atoms with van der Waals surface area (Å²) < 4.78 is 42.3. The van der Waals surface area contributed by atoms with Crippen molar-refractivity contribution in [2.75, 3.05) is 39.5 Å². The van der Waals surface area contributed by atoms with Crippen LogP contribution in [-0.2, 0) is 24.3 Å². The summed E-state index contributed by atoms with van der Waals surface area (Å²) in [5.41, 5.74) is 0.794. The summed E-state index contributed by atoms with van der Waals surface area (Å²) in [6.07, 6.45) is 2.93. The van der Waals surface area contributed by atoms with E-state index in [-0.39, 0.29) is 18.1 Å². The van der Waals surface area contributed by atoms with E-state index in [1.54, 1.807) is 36.4 Å². The molecule has 0 bridgehead atoms. The van der Waals surface area contributed by atoms with E-state index in [0.29, 0.717) is 37.1 Å². The molecule has 0 saturated carbocycles. The predicted molar refractivity (Wildman–Crippen MR) is 113 cm³/mol. The van der Waals surface area contributed by atoms with Crippen LogP contribution in [0.4, 0.5) is 0 Å². The van der Waals surface area contributed by atoms with Crippen LogP contribution in [0.15, 0.2) is 59.5 Å². The molecule has 0 aliphatic carbocycles. The molecule has 1 fully saturated rings. The highest BCUT2D eigenvalue weighted by Crippen LogP contribution is 2.20. The van der Waals surface area contributed by atoms with Gasteiger partial charge in [-0.15, -0.1) is 0 Å². The molecule has 0 aromatic heterocycles. The van der Waals surface area contributed by atoms with Gasteiger partial charge in [-0.2, -0.15) is 4.31 Å². The van der Waals surface area contributed by atoms with Crippen LogP contribution in [0.1, 0.15) is 5.56 Å². The Labute approximate surface area is 180 Å². The lowest BCUT2D eigenvalue weighted by atomic mass is 10.2. The monoisotopic (exact) mass is 451 g/mol. The first-order valence-corrected chi connectivity index (χ1v) is 11.2. The lowest BCUT2D eigenvalue weighted by molar-refractivity contribution is -0.138. The Morgan fingerprint density at radius 1 is 1.10 bits per heavy atom. The first-order chi connectivity index (χ1) is 14.4. The van der Waals surface area contributed by atoms with E-state index in [9.17, 15) is 13.2 Å². The second kappa shape index (κ2) is 10.6. The molecule has 0 N–H and O–H groups in total. The Hall–Kier alpha value is -2.39. The zero-order chi connectivity index (χ0) is 21.4. The minimum Gasteiger partial charge on any atom is -0.490 e. The highest BCUT2D eigenvalue weighted by Gasteiger charge is 2.26. The number of hydrogen-bond acceptors (Lipinski definition) is 6. The van der Waals surface area contributed by atoms with E-state index in [1.807, 2.05) is 6.07 Å². The molecule has 160 valence electrons. The van der Waals surface area contributed by atoms with Gasteiger partial charge < -0.3 is 14.2 Å². The number of esters is 1. The molecule has 9 heteroatoms. The van der Waals surface area contributed by atoms with Crippen molar-refractivity contribution in [2.45, 2.75) is 4.90 Å². The fraction of sp³-hybridized carbons (Fsp3) is 0.286. The van der Waals surface area contributed by atoms with E-state index >= 15 is 0 Å². The number of ether oxygens (including phenoxy) is 3. The molecule has 3 rings (SSSR count). The minimum atomic E-state index is -3.53. The van der Waals surface area contributed by atoms with Gasteiger partial charge in [-0.1, -0.05) is 23.7 Å². The molecular weight excluding hydrogens is 430 g/mol. The van der Waals surface area contributed by atoms with Crippen molar-refractivity contribution in [1.29, 1.82) is 0 Å². The SMILES string of the molecule is O=C(/C=C/c1cccc(Cl)c1)OCCOc1ccc(S(=O)(=O)N2CCOCC2)cc1. The van der Waals surface area contributed by atoms with Crippen molar-refractivity contribution in [2.24, 2.45) is 0 Å². The van der Waals surface area contributed by atoms with E-state index in [2.05, 4.69) is 0 Å². The van der Waals surface area contributed by atoms with Crippen LogP contribution in [0.25, 0.3) is 6.08 Å². The largest absolute Gasteiger partial charge is 0.490 e. The van der Waals surface area contributed by atoms with E-state index in [1.165, 1.54) is 22.5 Å². The smallest absolute Gasteiger partial charge is 0.330 e. The molecule has 0 unspecified atom stereocenters. The van der Waals surface area contributed by atoms with E-state index < -0.39 is 16.0 Å². The van der Waals surface area contributed by atoms with E-state index in [0.717, 1.165) is 5.56 Å². The molecule has 1 heterocycles. The van der Waals surface area contributed by atoms with Crippen LogP contribution in [0.3, 0.4) is 0 Å². The fourth-order valence-corrected chi connectivity index (χ4v) is 4.37. The zero-order valence-corrected chi connectivity index (χ0v) is 17.8. The van der Waals surface area contributed by atoms with Crippen LogP contribution in [0.5, 0.6) is 5.75 Å². The van der Waals surface area contributed by atoms with Crippen LogP contribution < -0.4 is 4.74 Å². The molecule has 0 spiro atoms. The number of carbonyl (C=O) groups excluding carboxylic acids is 1.